The molecule has 4 amide bonds. The van der Waals surface area contributed by atoms with Gasteiger partial charge in [0.05, 0.1) is 10.6 Å². The number of halogens is 4. The molecular weight excluding hydrogens is 513 g/mol. The number of imidazole rings is 1. The number of anilines is 3. The topological polar surface area (TPSA) is 117 Å². The molecule has 0 radical (unpaired) electrons. The lowest BCUT2D eigenvalue weighted by Crippen LogP contribution is -2.37. The van der Waals surface area contributed by atoms with Crippen LogP contribution in [0.2, 0.25) is 5.02 Å². The molecule has 0 unspecified atom stereocenters. The van der Waals surface area contributed by atoms with E-state index in [0.717, 1.165) is 12.1 Å². The summed E-state index contributed by atoms with van der Waals surface area (Å²) in [5.74, 6) is 0.334. The van der Waals surface area contributed by atoms with Crippen LogP contribution in [-0.4, -0.2) is 45.2 Å². The molecule has 0 aliphatic carbocycles. The van der Waals surface area contributed by atoms with Crippen LogP contribution in [0.1, 0.15) is 12.5 Å². The first-order valence-corrected chi connectivity index (χ1v) is 11.2. The van der Waals surface area contributed by atoms with Gasteiger partial charge < -0.3 is 16.0 Å². The highest BCUT2D eigenvalue weighted by atomic mass is 35.5. The third kappa shape index (κ3) is 5.56. The molecule has 0 saturated heterocycles. The Hall–Kier alpha value is -4.39. The number of fused-ring (bicyclic) bond motifs is 1. The van der Waals surface area contributed by atoms with Crippen molar-refractivity contribution in [1.82, 2.24) is 24.8 Å². The molecule has 0 aliphatic rings. The van der Waals surface area contributed by atoms with E-state index >= 15 is 0 Å². The zero-order valence-corrected chi connectivity index (χ0v) is 20.2. The Morgan fingerprint density at radius 2 is 1.70 bits per heavy atom. The highest BCUT2D eigenvalue weighted by Crippen LogP contribution is 2.36. The van der Waals surface area contributed by atoms with E-state index in [2.05, 4.69) is 30.9 Å². The number of hydrogen-bond donors (Lipinski definition) is 3. The Morgan fingerprint density at radius 1 is 1.03 bits per heavy atom. The number of carbonyl (C=O) groups is 2. The van der Waals surface area contributed by atoms with Gasteiger partial charge in [-0.2, -0.15) is 13.2 Å². The number of rotatable bonds is 5. The van der Waals surface area contributed by atoms with E-state index in [1.807, 2.05) is 0 Å². The quantitative estimate of drug-likeness (QED) is 0.322. The predicted molar refractivity (Wildman–Crippen MR) is 133 cm³/mol. The van der Waals surface area contributed by atoms with Gasteiger partial charge in [0.2, 0.25) is 0 Å². The van der Waals surface area contributed by atoms with E-state index in [9.17, 15) is 22.8 Å². The molecule has 2 aromatic heterocycles. The first-order chi connectivity index (χ1) is 17.6. The van der Waals surface area contributed by atoms with Crippen LogP contribution in [0.4, 0.5) is 40.0 Å². The number of hydrogen-bond acceptors (Lipinski definition) is 5. The Bertz CT molecular complexity index is 1460. The maximum absolute atomic E-state index is 13.0. The number of nitrogens with one attached hydrogen (secondary N) is 3. The molecule has 3 N–H and O–H groups in total. The number of amides is 4. The normalized spacial score (nSPS) is 11.3. The van der Waals surface area contributed by atoms with Crippen LogP contribution in [0.3, 0.4) is 0 Å². The standard InChI is InChI=1S/C23H20ClF3N8O2/c1-3-28-22(37)34(2)19-18-20(30-11-29-19)35(12-31-18)15-7-4-13(5-8-15)32-21(36)33-14-6-9-17(24)16(10-14)23(25,26)27/h4-12H,3H2,1-2H3,(H,28,37)(H2,32,33,36). The molecule has 0 saturated carbocycles. The van der Waals surface area contributed by atoms with Gasteiger partial charge >= 0.3 is 18.2 Å². The molecule has 14 heteroatoms. The minimum Gasteiger partial charge on any atom is -0.338 e. The number of aromatic nitrogens is 4. The van der Waals surface area contributed by atoms with Crippen molar-refractivity contribution < 1.29 is 22.8 Å². The predicted octanol–water partition coefficient (Wildman–Crippen LogP) is 5.30. The van der Waals surface area contributed by atoms with Crippen molar-refractivity contribution in [1.29, 1.82) is 0 Å². The molecule has 37 heavy (non-hydrogen) atoms. The summed E-state index contributed by atoms with van der Waals surface area (Å²) in [4.78, 5) is 38.7. The van der Waals surface area contributed by atoms with Gasteiger partial charge in [0, 0.05) is 30.7 Å². The molecule has 0 atom stereocenters. The van der Waals surface area contributed by atoms with Gasteiger partial charge in [-0.1, -0.05) is 11.6 Å². The SMILES string of the molecule is CCNC(=O)N(C)c1ncnc2c1ncn2-c1ccc(NC(=O)Nc2ccc(Cl)c(C(F)(F)F)c2)cc1. The van der Waals surface area contributed by atoms with Crippen LogP contribution in [0.5, 0.6) is 0 Å². The third-order valence-corrected chi connectivity index (χ3v) is 5.53. The van der Waals surface area contributed by atoms with Crippen LogP contribution < -0.4 is 20.9 Å². The first-order valence-electron chi connectivity index (χ1n) is 10.8. The lowest BCUT2D eigenvalue weighted by Gasteiger charge is -2.16. The van der Waals surface area contributed by atoms with Crippen molar-refractivity contribution in [3.8, 4) is 5.69 Å². The molecule has 4 rings (SSSR count). The molecular formula is C23H20ClF3N8O2. The molecule has 0 bridgehead atoms. The minimum absolute atomic E-state index is 0.0659. The van der Waals surface area contributed by atoms with E-state index in [-0.39, 0.29) is 11.7 Å². The third-order valence-electron chi connectivity index (χ3n) is 5.20. The molecule has 192 valence electrons. The fraction of sp³-hybridized carbons (Fsp3) is 0.174. The van der Waals surface area contributed by atoms with Crippen molar-refractivity contribution in [2.24, 2.45) is 0 Å². The van der Waals surface area contributed by atoms with Crippen LogP contribution in [-0.2, 0) is 6.18 Å². The Kier molecular flexibility index (Phi) is 7.16. The average molecular weight is 533 g/mol. The Labute approximate surface area is 213 Å². The van der Waals surface area contributed by atoms with Gasteiger partial charge in [-0.05, 0) is 49.4 Å². The summed E-state index contributed by atoms with van der Waals surface area (Å²) in [5, 5.41) is 7.14. The molecule has 0 spiro atoms. The first kappa shape index (κ1) is 25.7. The number of urea groups is 2. The second kappa shape index (κ2) is 10.3. The van der Waals surface area contributed by atoms with Gasteiger partial charge in [0.25, 0.3) is 0 Å². The second-order valence-corrected chi connectivity index (χ2v) is 8.10. The van der Waals surface area contributed by atoms with E-state index < -0.39 is 22.8 Å². The van der Waals surface area contributed by atoms with Gasteiger partial charge in [-0.25, -0.2) is 24.5 Å². The molecule has 0 aliphatic heterocycles. The van der Waals surface area contributed by atoms with Crippen molar-refractivity contribution in [3.63, 3.8) is 0 Å². The fourth-order valence-corrected chi connectivity index (χ4v) is 3.67. The molecule has 2 aromatic carbocycles. The largest absolute Gasteiger partial charge is 0.417 e. The zero-order valence-electron chi connectivity index (χ0n) is 19.5. The Morgan fingerprint density at radius 3 is 2.38 bits per heavy atom. The zero-order chi connectivity index (χ0) is 26.7. The van der Waals surface area contributed by atoms with Gasteiger partial charge in [0.15, 0.2) is 17.0 Å². The monoisotopic (exact) mass is 532 g/mol. The lowest BCUT2D eigenvalue weighted by molar-refractivity contribution is -0.137. The van der Waals surface area contributed by atoms with Crippen LogP contribution in [0.15, 0.2) is 55.1 Å². The lowest BCUT2D eigenvalue weighted by atomic mass is 10.2. The highest BCUT2D eigenvalue weighted by molar-refractivity contribution is 6.31. The van der Waals surface area contributed by atoms with Gasteiger partial charge in [-0.3, -0.25) is 9.47 Å². The number of carbonyl (C=O) groups excluding carboxylic acids is 2. The number of nitrogens with zero attached hydrogens (tertiary/aromatic N) is 5. The summed E-state index contributed by atoms with van der Waals surface area (Å²) >= 11 is 5.61. The van der Waals surface area contributed by atoms with Crippen molar-refractivity contribution >= 4 is 52.0 Å². The smallest absolute Gasteiger partial charge is 0.338 e. The van der Waals surface area contributed by atoms with Crippen LogP contribution >= 0.6 is 11.6 Å². The Balaban J connectivity index is 1.49. The number of alkyl halides is 3. The summed E-state index contributed by atoms with van der Waals surface area (Å²) in [7, 11) is 1.57. The second-order valence-electron chi connectivity index (χ2n) is 7.70. The average Bonchev–Trinajstić information content (AvgIpc) is 3.29. The van der Waals surface area contributed by atoms with Crippen molar-refractivity contribution in [3.05, 3.63) is 65.7 Å². The number of benzene rings is 2. The minimum atomic E-state index is -4.65. The van der Waals surface area contributed by atoms with Gasteiger partial charge in [-0.15, -0.1) is 0 Å². The molecule has 10 nitrogen and oxygen atoms in total. The van der Waals surface area contributed by atoms with E-state index in [1.54, 1.807) is 42.8 Å². The fourth-order valence-electron chi connectivity index (χ4n) is 3.44. The summed E-state index contributed by atoms with van der Waals surface area (Å²) < 4.78 is 40.8. The van der Waals surface area contributed by atoms with Crippen molar-refractivity contribution in [2.75, 3.05) is 29.1 Å². The van der Waals surface area contributed by atoms with Gasteiger partial charge in [0.1, 0.15) is 12.7 Å². The van der Waals surface area contributed by atoms with Crippen molar-refractivity contribution in [2.45, 2.75) is 13.1 Å². The molecule has 4 aromatic rings. The van der Waals surface area contributed by atoms with Crippen LogP contribution in [0, 0.1) is 0 Å². The summed E-state index contributed by atoms with van der Waals surface area (Å²) in [6.45, 7) is 2.26. The van der Waals surface area contributed by atoms with E-state index in [4.69, 9.17) is 11.6 Å². The maximum atomic E-state index is 13.0. The summed E-state index contributed by atoms with van der Waals surface area (Å²) in [5.41, 5.74) is 0.812. The maximum Gasteiger partial charge on any atom is 0.417 e. The summed E-state index contributed by atoms with van der Waals surface area (Å²) in [6.07, 6.45) is -1.79. The summed E-state index contributed by atoms with van der Waals surface area (Å²) in [6, 6.07) is 8.61. The van der Waals surface area contributed by atoms with Crippen LogP contribution in [0.25, 0.3) is 16.9 Å². The molecule has 0 fully saturated rings. The van der Waals surface area contributed by atoms with E-state index in [0.29, 0.717) is 34.9 Å². The highest BCUT2D eigenvalue weighted by Gasteiger charge is 2.33. The van der Waals surface area contributed by atoms with E-state index in [1.165, 1.54) is 23.6 Å². The molecule has 2 heterocycles.